The normalized spacial score (nSPS) is 9.07. The summed E-state index contributed by atoms with van der Waals surface area (Å²) in [6, 6.07) is 9.37. The Morgan fingerprint density at radius 3 is 1.08 bits per heavy atom. The van der Waals surface area contributed by atoms with Crippen LogP contribution in [0.15, 0.2) is 30.3 Å². The summed E-state index contributed by atoms with van der Waals surface area (Å²) in [4.78, 5) is 20.7. The number of anilines is 1. The maximum absolute atomic E-state index is 10.5. The van der Waals surface area contributed by atoms with E-state index in [4.69, 9.17) is 170 Å². The number of methoxy groups -OCH3 is 1. The number of carbonyl (C=O) groups is 2. The van der Waals surface area contributed by atoms with Gasteiger partial charge in [-0.1, -0.05) is 18.2 Å². The maximum Gasteiger partial charge on any atom is 0.221 e. The number of amides is 2. The first-order chi connectivity index (χ1) is 27.1. The average molecular weight is 696 g/mol. The average Bonchev–Trinajstić information content (AvgIpc) is 3.07. The van der Waals surface area contributed by atoms with Gasteiger partial charge >= 0.3 is 0 Å². The second-order valence-corrected chi connectivity index (χ2v) is 14.1. The molecule has 0 aromatic heterocycles. The largest absolute Gasteiger partial charge is 0.383 e. The molecule has 0 fully saturated rings. The smallest absolute Gasteiger partial charge is 0.221 e. The van der Waals surface area contributed by atoms with Gasteiger partial charge in [-0.15, -0.1) is 0 Å². The molecule has 2 N–H and O–H groups in total. The third-order valence-corrected chi connectivity index (χ3v) is 9.11. The van der Waals surface area contributed by atoms with Crippen molar-refractivity contribution in [2.24, 2.45) is 0 Å². The van der Waals surface area contributed by atoms with Gasteiger partial charge < -0.3 is 15.4 Å². The van der Waals surface area contributed by atoms with Crippen LogP contribution < -0.4 is 10.6 Å². The van der Waals surface area contributed by atoms with Gasteiger partial charge in [-0.3, -0.25) is 9.59 Å². The Bertz CT molecular complexity index is 1120. The van der Waals surface area contributed by atoms with Crippen LogP contribution in [0.25, 0.3) is 0 Å². The molecule has 0 bridgehead atoms. The van der Waals surface area contributed by atoms with Crippen molar-refractivity contribution in [2.45, 2.75) is 13.8 Å². The van der Waals surface area contributed by atoms with Crippen molar-refractivity contribution in [3.63, 3.8) is 0 Å². The van der Waals surface area contributed by atoms with Gasteiger partial charge in [-0.05, 0) is 12.1 Å². The summed E-state index contributed by atoms with van der Waals surface area (Å²) in [6.07, 6.45) is -13.9. The van der Waals surface area contributed by atoms with E-state index in [1.54, 1.807) is 7.11 Å². The molecule has 5 nitrogen and oxygen atoms in total. The van der Waals surface area contributed by atoms with Crippen molar-refractivity contribution >= 4 is 310 Å². The minimum Gasteiger partial charge on any atom is -0.383 e. The van der Waals surface area contributed by atoms with E-state index in [1.165, 1.54) is 20.9 Å². The topological polar surface area (TPSA) is 67.4 Å². The number of nitrogens with one attached hydrogen (secondary N) is 2. The molecule has 0 saturated carbocycles. The van der Waals surface area contributed by atoms with Crippen molar-refractivity contribution in [1.29, 1.82) is 0 Å². The molecule has 59 heavy (non-hydrogen) atoms. The van der Waals surface area contributed by atoms with E-state index in [-0.39, 0.29) is 11.8 Å². The lowest BCUT2D eigenvalue weighted by atomic mass is 8.38. The lowest BCUT2D eigenvalue weighted by molar-refractivity contribution is -0.119. The fourth-order valence-corrected chi connectivity index (χ4v) is 6.44. The highest BCUT2D eigenvalue weighted by atomic mass is 16.5. The standard InChI is InChI=1S/C8H9NO.C5H11NO2.B21.B20/c1-7(10)9-8-5-3-2-4-6-8;1-5(7)6-3-4-8-2;1-12-18(13(2)3)21(19(14(4)5)15(6)7)20(16(8)9)17(10)11;1-12(2)17(11)20(18(13(3)4)14(5)6)19(15(7)8)16(9)10/h2-6H,1H3,(H,9,10);3-4H2,1-2H3,(H,6,7);;. The third-order valence-electron chi connectivity index (χ3n) is 9.11. The molecule has 0 aliphatic carbocycles. The zero-order valence-electron chi connectivity index (χ0n) is 34.7. The Hall–Kier alpha value is 0.782. The minimum atomic E-state index is -0.889. The van der Waals surface area contributed by atoms with E-state index in [1.807, 2.05) is 30.3 Å². The molecule has 0 atom stereocenters. The van der Waals surface area contributed by atoms with Crippen LogP contribution in [0.3, 0.4) is 0 Å². The quantitative estimate of drug-likeness (QED) is 0.0994. The number of ether oxygens (including phenoxy) is 1. The Balaban J connectivity index is -0.000000759. The molecule has 0 aliphatic heterocycles. The molecule has 0 unspecified atom stereocenters. The fraction of sp³-hybridized carbons (Fsp3) is 0.385. The van der Waals surface area contributed by atoms with E-state index in [9.17, 15) is 9.59 Å². The van der Waals surface area contributed by atoms with E-state index >= 15 is 0 Å². The molecule has 0 saturated heterocycles. The van der Waals surface area contributed by atoms with E-state index < -0.39 is 115 Å². The van der Waals surface area contributed by atoms with Gasteiger partial charge in [0.25, 0.3) is 0 Å². The summed E-state index contributed by atoms with van der Waals surface area (Å²) in [5.41, 5.74) is 0.843. The van der Waals surface area contributed by atoms with Crippen molar-refractivity contribution < 1.29 is 14.3 Å². The second kappa shape index (κ2) is 35.1. The van der Waals surface area contributed by atoms with Gasteiger partial charge in [-0.25, -0.2) is 0 Å². The van der Waals surface area contributed by atoms with Crippen LogP contribution in [0.4, 0.5) is 5.69 Å². The maximum atomic E-state index is 10.5. The van der Waals surface area contributed by atoms with Crippen LogP contribution in [0, 0.1) is 0 Å². The Morgan fingerprint density at radius 1 is 0.508 bits per heavy atom. The molecule has 0 spiro atoms. The highest BCUT2D eigenvalue weighted by Gasteiger charge is 2.46. The number of hydrogen-bond acceptors (Lipinski definition) is 3. The zero-order chi connectivity index (χ0) is 46.9. The minimum absolute atomic E-state index is 0.0120. The number of benzene rings is 1. The van der Waals surface area contributed by atoms with Gasteiger partial charge in [0.1, 0.15) is 0 Å². The number of hydrogen-bond donors (Lipinski definition) is 2. The molecule has 0 aliphatic rings. The lowest BCUT2D eigenvalue weighted by Crippen LogP contribution is -2.81. The van der Waals surface area contributed by atoms with Gasteiger partial charge in [0.2, 0.25) is 11.8 Å². The summed E-state index contributed by atoms with van der Waals surface area (Å²) < 4.78 is 4.68. The van der Waals surface area contributed by atoms with Crippen molar-refractivity contribution in [3.8, 4) is 0 Å². The van der Waals surface area contributed by atoms with Gasteiger partial charge in [0.05, 0.1) is 6.61 Å². The van der Waals surface area contributed by atoms with Gasteiger partial charge in [0.15, 0.2) is 0 Å². The van der Waals surface area contributed by atoms with Crippen LogP contribution in [0.2, 0.25) is 0 Å². The third kappa shape index (κ3) is 27.0. The second-order valence-electron chi connectivity index (χ2n) is 14.1. The monoisotopic (exact) mass is 704 g/mol. The van der Waals surface area contributed by atoms with Crippen LogP contribution in [-0.2, 0) is 14.3 Å². The van der Waals surface area contributed by atoms with E-state index in [2.05, 4.69) is 15.4 Å². The summed E-state index contributed by atoms with van der Waals surface area (Å²) in [5.74, 6) is -0.0479. The van der Waals surface area contributed by atoms with E-state index in [0.717, 1.165) is 5.69 Å². The first-order valence-electron chi connectivity index (χ1n) is 18.6. The number of para-hydroxylation sites is 1. The number of carbonyl (C=O) groups excluding carboxylic acids is 2. The summed E-state index contributed by atoms with van der Waals surface area (Å²) >= 11 is 0. The van der Waals surface area contributed by atoms with Crippen LogP contribution in [0.5, 0.6) is 0 Å². The van der Waals surface area contributed by atoms with E-state index in [0.29, 0.717) is 13.2 Å². The molecule has 1 aromatic rings. The van der Waals surface area contributed by atoms with Gasteiger partial charge in [0, 0.05) is 325 Å². The Kier molecular flexibility index (Phi) is 38.1. The molecule has 2 amide bonds. The summed E-state index contributed by atoms with van der Waals surface area (Å²) in [6.45, 7) is 4.16. The van der Waals surface area contributed by atoms with Crippen molar-refractivity contribution in [2.75, 3.05) is 25.6 Å². The highest BCUT2D eigenvalue weighted by Crippen LogP contribution is 2.08. The molecular formula is C13H20B41N2O3. The molecule has 46 heteroatoms. The predicted molar refractivity (Wildman–Crippen MR) is 307 cm³/mol. The Labute approximate surface area is 396 Å². The molecule has 45 radical (unpaired) electrons. The molecule has 223 valence electrons. The molecular weight excluding hydrogens is 675 g/mol. The molecule has 1 rings (SSSR count). The first-order valence-corrected chi connectivity index (χ1v) is 18.6. The fourth-order valence-electron chi connectivity index (χ4n) is 6.44. The summed E-state index contributed by atoms with van der Waals surface area (Å²) in [5, 5.41) is 5.25. The number of rotatable bonds is 21. The van der Waals surface area contributed by atoms with Crippen LogP contribution in [0.1, 0.15) is 13.8 Å². The lowest BCUT2D eigenvalue weighted by Gasteiger charge is -2.43. The van der Waals surface area contributed by atoms with Gasteiger partial charge in [-0.2, -0.15) is 0 Å². The predicted octanol–water partition coefficient (Wildman–Crippen LogP) is -14.2. The van der Waals surface area contributed by atoms with Crippen LogP contribution in [-0.4, -0.2) is 324 Å². The molecule has 0 heterocycles. The molecule has 1 aromatic carbocycles. The van der Waals surface area contributed by atoms with Crippen molar-refractivity contribution in [3.05, 3.63) is 30.3 Å². The zero-order valence-corrected chi connectivity index (χ0v) is 34.7. The Morgan fingerprint density at radius 2 is 0.847 bits per heavy atom. The van der Waals surface area contributed by atoms with Crippen LogP contribution >= 0.6 is 0 Å². The van der Waals surface area contributed by atoms with Crippen molar-refractivity contribution in [1.82, 2.24) is 5.32 Å². The first kappa shape index (κ1) is 64.1. The summed E-state index contributed by atoms with van der Waals surface area (Å²) in [7, 11) is 130. The highest BCUT2D eigenvalue weighted by molar-refractivity contribution is 8.21. The SMILES string of the molecule is CC(=O)Nc1ccccc1.COCCNC(C)=O.[B]B([B])B([B])B(B(B([B])[B])B([B])[B])B(B([B])[B])B([B])[B].[B][B]B(B([B])[B])B(B(B([B])[B])B([B])[B])B(B([B])[B])B([B])[B].